The van der Waals surface area contributed by atoms with Gasteiger partial charge >= 0.3 is 0 Å². The highest BCUT2D eigenvalue weighted by atomic mass is 16.5. The van der Waals surface area contributed by atoms with E-state index in [0.29, 0.717) is 0 Å². The van der Waals surface area contributed by atoms with Crippen LogP contribution < -0.4 is 9.47 Å². The Morgan fingerprint density at radius 3 is 2.24 bits per heavy atom. The van der Waals surface area contributed by atoms with Crippen LogP contribution in [0.5, 0.6) is 11.5 Å². The third-order valence-electron chi connectivity index (χ3n) is 2.29. The molecule has 0 aliphatic carbocycles. The van der Waals surface area contributed by atoms with Crippen molar-refractivity contribution in [3.63, 3.8) is 0 Å². The molecule has 17 heavy (non-hydrogen) atoms. The fourth-order valence-corrected chi connectivity index (χ4v) is 1.41. The van der Waals surface area contributed by atoms with Gasteiger partial charge in [-0.3, -0.25) is 0 Å². The summed E-state index contributed by atoms with van der Waals surface area (Å²) >= 11 is 0. The van der Waals surface area contributed by atoms with Gasteiger partial charge in [-0.05, 0) is 31.4 Å². The summed E-state index contributed by atoms with van der Waals surface area (Å²) in [4.78, 5) is 0. The molecule has 1 aromatic rings. The Bertz CT molecular complexity index is 299. The van der Waals surface area contributed by atoms with Gasteiger partial charge in [0.2, 0.25) is 0 Å². The number of methoxy groups -OCH3 is 1. The second kappa shape index (κ2) is 8.88. The molecule has 3 nitrogen and oxygen atoms in total. The van der Waals surface area contributed by atoms with Gasteiger partial charge in [0.25, 0.3) is 0 Å². The Labute approximate surface area is 104 Å². The van der Waals surface area contributed by atoms with Gasteiger partial charge in [0, 0.05) is 19.8 Å². The summed E-state index contributed by atoms with van der Waals surface area (Å²) in [5.74, 6) is 1.75. The summed E-state index contributed by atoms with van der Waals surface area (Å²) in [5, 5.41) is 0. The summed E-state index contributed by atoms with van der Waals surface area (Å²) in [6.45, 7) is 4.36. The normalized spacial score (nSPS) is 10.2. The third-order valence-corrected chi connectivity index (χ3v) is 2.29. The molecule has 1 rings (SSSR count). The van der Waals surface area contributed by atoms with Crippen molar-refractivity contribution in [1.82, 2.24) is 0 Å². The van der Waals surface area contributed by atoms with Crippen molar-refractivity contribution in [3.05, 3.63) is 24.3 Å². The smallest absolute Gasteiger partial charge is 0.122 e. The molecule has 0 bridgehead atoms. The van der Waals surface area contributed by atoms with Gasteiger partial charge in [-0.1, -0.05) is 13.0 Å². The lowest BCUT2D eigenvalue weighted by Crippen LogP contribution is -2.00. The van der Waals surface area contributed by atoms with E-state index in [2.05, 4.69) is 6.92 Å². The number of hydrogen-bond donors (Lipinski definition) is 0. The summed E-state index contributed by atoms with van der Waals surface area (Å²) in [6, 6.07) is 7.80. The summed E-state index contributed by atoms with van der Waals surface area (Å²) < 4.78 is 16.2. The molecule has 0 N–H and O–H groups in total. The van der Waals surface area contributed by atoms with Crippen molar-refractivity contribution < 1.29 is 14.2 Å². The highest BCUT2D eigenvalue weighted by molar-refractivity contribution is 5.32. The van der Waals surface area contributed by atoms with Crippen LogP contribution >= 0.6 is 0 Å². The van der Waals surface area contributed by atoms with E-state index in [4.69, 9.17) is 14.2 Å². The molecule has 0 aliphatic rings. The van der Waals surface area contributed by atoms with Crippen LogP contribution in [0.2, 0.25) is 0 Å². The molecule has 0 aromatic heterocycles. The van der Waals surface area contributed by atoms with Crippen molar-refractivity contribution in [2.45, 2.75) is 26.2 Å². The quantitative estimate of drug-likeness (QED) is 0.618. The lowest BCUT2D eigenvalue weighted by atomic mass is 10.3. The van der Waals surface area contributed by atoms with Crippen LogP contribution in [-0.4, -0.2) is 26.9 Å². The minimum atomic E-state index is 0.723. The highest BCUT2D eigenvalue weighted by Crippen LogP contribution is 2.19. The third kappa shape index (κ3) is 6.17. The topological polar surface area (TPSA) is 27.7 Å². The van der Waals surface area contributed by atoms with Gasteiger partial charge < -0.3 is 14.2 Å². The molecular weight excluding hydrogens is 216 g/mol. The van der Waals surface area contributed by atoms with E-state index >= 15 is 0 Å². The average molecular weight is 238 g/mol. The molecule has 0 amide bonds. The van der Waals surface area contributed by atoms with Gasteiger partial charge in [0.1, 0.15) is 11.5 Å². The maximum Gasteiger partial charge on any atom is 0.122 e. The number of hydrogen-bond acceptors (Lipinski definition) is 3. The summed E-state index contributed by atoms with van der Waals surface area (Å²) in [7, 11) is 1.72. The first-order chi connectivity index (χ1) is 8.36. The molecule has 3 heteroatoms. The molecule has 0 saturated carbocycles. The number of unbranched alkanes of at least 4 members (excludes halogenated alkanes) is 1. The van der Waals surface area contributed by atoms with E-state index in [0.717, 1.165) is 50.6 Å². The Balaban J connectivity index is 2.27. The molecule has 1 aromatic carbocycles. The SMILES string of the molecule is CCCOc1cccc(OCCCCOC)c1. The molecule has 0 saturated heterocycles. The van der Waals surface area contributed by atoms with Crippen LogP contribution in [0.3, 0.4) is 0 Å². The minimum Gasteiger partial charge on any atom is -0.493 e. The number of ether oxygens (including phenoxy) is 3. The molecule has 0 aliphatic heterocycles. The first-order valence-corrected chi connectivity index (χ1v) is 6.21. The first-order valence-electron chi connectivity index (χ1n) is 6.21. The largest absolute Gasteiger partial charge is 0.493 e. The number of rotatable bonds is 9. The lowest BCUT2D eigenvalue weighted by molar-refractivity contribution is 0.184. The van der Waals surface area contributed by atoms with Crippen molar-refractivity contribution >= 4 is 0 Å². The second-order valence-electron chi connectivity index (χ2n) is 3.87. The average Bonchev–Trinajstić information content (AvgIpc) is 2.37. The van der Waals surface area contributed by atoms with E-state index < -0.39 is 0 Å². The van der Waals surface area contributed by atoms with Crippen LogP contribution in [-0.2, 0) is 4.74 Å². The van der Waals surface area contributed by atoms with Gasteiger partial charge in [-0.25, -0.2) is 0 Å². The minimum absolute atomic E-state index is 0.723. The van der Waals surface area contributed by atoms with E-state index in [-0.39, 0.29) is 0 Å². The zero-order valence-electron chi connectivity index (χ0n) is 10.8. The fourth-order valence-electron chi connectivity index (χ4n) is 1.41. The zero-order valence-corrected chi connectivity index (χ0v) is 10.8. The van der Waals surface area contributed by atoms with Gasteiger partial charge in [0.05, 0.1) is 13.2 Å². The molecular formula is C14H22O3. The van der Waals surface area contributed by atoms with Crippen LogP contribution in [0.15, 0.2) is 24.3 Å². The molecule has 0 atom stereocenters. The van der Waals surface area contributed by atoms with Crippen LogP contribution in [0.4, 0.5) is 0 Å². The monoisotopic (exact) mass is 238 g/mol. The Morgan fingerprint density at radius 1 is 0.941 bits per heavy atom. The van der Waals surface area contributed by atoms with Crippen molar-refractivity contribution in [1.29, 1.82) is 0 Å². The summed E-state index contributed by atoms with van der Waals surface area (Å²) in [5.41, 5.74) is 0. The Kier molecular flexibility index (Phi) is 7.23. The molecule has 0 heterocycles. The maximum atomic E-state index is 5.64. The molecule has 0 fully saturated rings. The Hall–Kier alpha value is -1.22. The molecule has 0 radical (unpaired) electrons. The van der Waals surface area contributed by atoms with E-state index in [1.165, 1.54) is 0 Å². The van der Waals surface area contributed by atoms with E-state index in [9.17, 15) is 0 Å². The van der Waals surface area contributed by atoms with Crippen molar-refractivity contribution in [2.24, 2.45) is 0 Å². The van der Waals surface area contributed by atoms with Gasteiger partial charge in [-0.15, -0.1) is 0 Å². The number of benzene rings is 1. The highest BCUT2D eigenvalue weighted by Gasteiger charge is 1.97. The van der Waals surface area contributed by atoms with Gasteiger partial charge in [0.15, 0.2) is 0 Å². The van der Waals surface area contributed by atoms with Crippen LogP contribution in [0, 0.1) is 0 Å². The predicted octanol–water partition coefficient (Wildman–Crippen LogP) is 3.28. The van der Waals surface area contributed by atoms with Crippen molar-refractivity contribution in [3.8, 4) is 11.5 Å². The lowest BCUT2D eigenvalue weighted by Gasteiger charge is -2.08. The standard InChI is InChI=1S/C14H22O3/c1-3-9-16-13-7-6-8-14(12-13)17-11-5-4-10-15-2/h6-8,12H,3-5,9-11H2,1-2H3. The predicted molar refractivity (Wildman–Crippen MR) is 68.8 cm³/mol. The van der Waals surface area contributed by atoms with E-state index in [1.807, 2.05) is 24.3 Å². The van der Waals surface area contributed by atoms with Crippen LogP contribution in [0.1, 0.15) is 26.2 Å². The zero-order chi connectivity index (χ0) is 12.3. The van der Waals surface area contributed by atoms with E-state index in [1.54, 1.807) is 7.11 Å². The van der Waals surface area contributed by atoms with Gasteiger partial charge in [-0.2, -0.15) is 0 Å². The first kappa shape index (κ1) is 13.8. The second-order valence-corrected chi connectivity index (χ2v) is 3.87. The van der Waals surface area contributed by atoms with Crippen molar-refractivity contribution in [2.75, 3.05) is 26.9 Å². The fraction of sp³-hybridized carbons (Fsp3) is 0.571. The molecule has 96 valence electrons. The maximum absolute atomic E-state index is 5.64. The Morgan fingerprint density at radius 2 is 1.59 bits per heavy atom. The van der Waals surface area contributed by atoms with Crippen LogP contribution in [0.25, 0.3) is 0 Å². The summed E-state index contributed by atoms with van der Waals surface area (Å²) in [6.07, 6.45) is 3.05. The molecule has 0 spiro atoms. The molecule has 0 unspecified atom stereocenters.